The first-order valence-corrected chi connectivity index (χ1v) is 7.22. The lowest BCUT2D eigenvalue weighted by molar-refractivity contribution is -0.133. The van der Waals surface area contributed by atoms with Gasteiger partial charge >= 0.3 is 5.97 Å². The number of aromatic nitrogens is 2. The lowest BCUT2D eigenvalue weighted by atomic mass is 10.3. The molecule has 0 aliphatic heterocycles. The summed E-state index contributed by atoms with van der Waals surface area (Å²) in [5.41, 5.74) is 0.733. The summed E-state index contributed by atoms with van der Waals surface area (Å²) in [5.74, 6) is -2.64. The molecular weight excluding hydrogens is 354 g/mol. The number of thioether (sulfide) groups is 1. The van der Waals surface area contributed by atoms with Crippen LogP contribution >= 0.6 is 27.7 Å². The van der Waals surface area contributed by atoms with E-state index in [-0.39, 0.29) is 15.9 Å². The zero-order valence-corrected chi connectivity index (χ0v) is 12.6. The third kappa shape index (κ3) is 3.01. The predicted octanol–water partition coefficient (Wildman–Crippen LogP) is 3.40. The Balaban J connectivity index is 2.49. The molecular formula is C12H9BrF2N2O2S. The molecule has 0 radical (unpaired) electrons. The molecule has 0 spiro atoms. The van der Waals surface area contributed by atoms with Crippen molar-refractivity contribution in [3.05, 3.63) is 40.1 Å². The van der Waals surface area contributed by atoms with Gasteiger partial charge in [0.15, 0.2) is 5.16 Å². The molecule has 1 heterocycles. The lowest BCUT2D eigenvalue weighted by Crippen LogP contribution is -2.05. The SMILES string of the molecule is Cc1cnc(SCC(=O)O)n1-c1cc(Br)c(F)cc1F. The maximum Gasteiger partial charge on any atom is 0.313 e. The summed E-state index contributed by atoms with van der Waals surface area (Å²) in [6.45, 7) is 1.70. The van der Waals surface area contributed by atoms with E-state index >= 15 is 0 Å². The van der Waals surface area contributed by atoms with Gasteiger partial charge in [-0.2, -0.15) is 0 Å². The van der Waals surface area contributed by atoms with E-state index < -0.39 is 17.6 Å². The highest BCUT2D eigenvalue weighted by Crippen LogP contribution is 2.28. The number of nitrogens with zero attached hydrogens (tertiary/aromatic N) is 2. The number of halogens is 3. The highest BCUT2D eigenvalue weighted by atomic mass is 79.9. The number of imidazole rings is 1. The first-order chi connectivity index (χ1) is 9.40. The molecule has 0 aliphatic carbocycles. The Morgan fingerprint density at radius 1 is 1.45 bits per heavy atom. The van der Waals surface area contributed by atoms with Gasteiger partial charge in [0.05, 0.1) is 15.9 Å². The highest BCUT2D eigenvalue weighted by molar-refractivity contribution is 9.10. The van der Waals surface area contributed by atoms with E-state index in [2.05, 4.69) is 20.9 Å². The summed E-state index contributed by atoms with van der Waals surface area (Å²) in [5, 5.41) is 9.02. The van der Waals surface area contributed by atoms with Gasteiger partial charge in [-0.05, 0) is 28.9 Å². The van der Waals surface area contributed by atoms with Crippen LogP contribution in [0, 0.1) is 18.6 Å². The molecule has 20 heavy (non-hydrogen) atoms. The average molecular weight is 363 g/mol. The summed E-state index contributed by atoms with van der Waals surface area (Å²) >= 11 is 3.97. The Bertz CT molecular complexity index is 676. The van der Waals surface area contributed by atoms with E-state index in [0.717, 1.165) is 17.8 Å². The average Bonchev–Trinajstić information content (AvgIpc) is 2.73. The zero-order chi connectivity index (χ0) is 14.9. The Kier molecular flexibility index (Phi) is 4.44. The van der Waals surface area contributed by atoms with Crippen molar-refractivity contribution in [2.45, 2.75) is 12.1 Å². The Hall–Kier alpha value is -1.41. The molecule has 0 unspecified atom stereocenters. The number of carboxylic acid groups (broad SMARTS) is 1. The van der Waals surface area contributed by atoms with E-state index in [1.165, 1.54) is 16.8 Å². The summed E-state index contributed by atoms with van der Waals surface area (Å²) in [4.78, 5) is 14.6. The largest absolute Gasteiger partial charge is 0.481 e. The third-order valence-electron chi connectivity index (χ3n) is 2.46. The van der Waals surface area contributed by atoms with Gasteiger partial charge in [-0.15, -0.1) is 0 Å². The number of aryl methyl sites for hydroxylation is 1. The quantitative estimate of drug-likeness (QED) is 0.668. The van der Waals surface area contributed by atoms with E-state index in [1.54, 1.807) is 6.92 Å². The molecule has 0 bridgehead atoms. The van der Waals surface area contributed by atoms with Gasteiger partial charge in [-0.1, -0.05) is 11.8 Å². The molecule has 0 saturated carbocycles. The molecule has 106 valence electrons. The van der Waals surface area contributed by atoms with Gasteiger partial charge in [0.1, 0.15) is 11.6 Å². The molecule has 2 rings (SSSR count). The molecule has 2 aromatic rings. The monoisotopic (exact) mass is 362 g/mol. The number of benzene rings is 1. The number of carbonyl (C=O) groups is 1. The third-order valence-corrected chi connectivity index (χ3v) is 4.01. The topological polar surface area (TPSA) is 55.1 Å². The standard InChI is InChI=1S/C12H9BrF2N2O2S/c1-6-4-16-12(20-5-11(18)19)17(6)10-2-7(13)8(14)3-9(10)15/h2-4H,5H2,1H3,(H,18,19). The van der Waals surface area contributed by atoms with Crippen molar-refractivity contribution < 1.29 is 18.7 Å². The summed E-state index contributed by atoms with van der Waals surface area (Å²) < 4.78 is 28.8. The smallest absolute Gasteiger partial charge is 0.313 e. The fourth-order valence-electron chi connectivity index (χ4n) is 1.62. The van der Waals surface area contributed by atoms with Crippen LogP contribution in [0.5, 0.6) is 0 Å². The van der Waals surface area contributed by atoms with Crippen molar-refractivity contribution in [1.29, 1.82) is 0 Å². The minimum absolute atomic E-state index is 0.112. The summed E-state index contributed by atoms with van der Waals surface area (Å²) in [6.07, 6.45) is 1.50. The molecule has 1 aromatic heterocycles. The van der Waals surface area contributed by atoms with Gasteiger partial charge in [0.2, 0.25) is 0 Å². The number of rotatable bonds is 4. The second-order valence-electron chi connectivity index (χ2n) is 3.92. The number of hydrogen-bond acceptors (Lipinski definition) is 3. The molecule has 1 N–H and O–H groups in total. The van der Waals surface area contributed by atoms with E-state index in [0.29, 0.717) is 10.9 Å². The van der Waals surface area contributed by atoms with Crippen LogP contribution in [0.4, 0.5) is 8.78 Å². The predicted molar refractivity (Wildman–Crippen MR) is 74.3 cm³/mol. The zero-order valence-electron chi connectivity index (χ0n) is 10.2. The fourth-order valence-corrected chi connectivity index (χ4v) is 2.70. The molecule has 0 aliphatic rings. The molecule has 0 saturated heterocycles. The van der Waals surface area contributed by atoms with Crippen LogP contribution in [-0.4, -0.2) is 26.4 Å². The van der Waals surface area contributed by atoms with Crippen LogP contribution < -0.4 is 0 Å². The first kappa shape index (κ1) is 15.0. The van der Waals surface area contributed by atoms with Crippen LogP contribution in [0.3, 0.4) is 0 Å². The molecule has 0 atom stereocenters. The van der Waals surface area contributed by atoms with E-state index in [1.807, 2.05) is 0 Å². The summed E-state index contributed by atoms with van der Waals surface area (Å²) in [6, 6.07) is 2.06. The fraction of sp³-hybridized carbons (Fsp3) is 0.167. The van der Waals surface area contributed by atoms with Crippen molar-refractivity contribution >= 4 is 33.7 Å². The van der Waals surface area contributed by atoms with Crippen molar-refractivity contribution in [3.8, 4) is 5.69 Å². The molecule has 4 nitrogen and oxygen atoms in total. The maximum atomic E-state index is 13.9. The second-order valence-corrected chi connectivity index (χ2v) is 5.71. The Labute approximate surface area is 125 Å². The Morgan fingerprint density at radius 2 is 2.15 bits per heavy atom. The van der Waals surface area contributed by atoms with Gasteiger partial charge in [-0.3, -0.25) is 9.36 Å². The minimum Gasteiger partial charge on any atom is -0.481 e. The molecule has 0 amide bonds. The number of hydrogen-bond donors (Lipinski definition) is 1. The maximum absolute atomic E-state index is 13.9. The summed E-state index contributed by atoms with van der Waals surface area (Å²) in [7, 11) is 0. The van der Waals surface area contributed by atoms with E-state index in [4.69, 9.17) is 5.11 Å². The van der Waals surface area contributed by atoms with E-state index in [9.17, 15) is 13.6 Å². The van der Waals surface area contributed by atoms with Gasteiger partial charge in [0, 0.05) is 18.0 Å². The molecule has 1 aromatic carbocycles. The van der Waals surface area contributed by atoms with Gasteiger partial charge in [0.25, 0.3) is 0 Å². The number of carboxylic acids is 1. The normalized spacial score (nSPS) is 10.8. The second kappa shape index (κ2) is 5.92. The first-order valence-electron chi connectivity index (χ1n) is 5.44. The van der Waals surface area contributed by atoms with Crippen LogP contribution in [0.1, 0.15) is 5.69 Å². The van der Waals surface area contributed by atoms with Crippen LogP contribution in [0.25, 0.3) is 5.69 Å². The Morgan fingerprint density at radius 3 is 2.80 bits per heavy atom. The minimum atomic E-state index is -0.997. The van der Waals surface area contributed by atoms with Crippen molar-refractivity contribution in [2.75, 3.05) is 5.75 Å². The van der Waals surface area contributed by atoms with Gasteiger partial charge in [-0.25, -0.2) is 13.8 Å². The van der Waals surface area contributed by atoms with Crippen molar-refractivity contribution in [3.63, 3.8) is 0 Å². The highest BCUT2D eigenvalue weighted by Gasteiger charge is 2.16. The molecule has 0 fully saturated rings. The van der Waals surface area contributed by atoms with Crippen LogP contribution in [-0.2, 0) is 4.79 Å². The number of aliphatic carboxylic acids is 1. The van der Waals surface area contributed by atoms with Crippen LogP contribution in [0.15, 0.2) is 28.0 Å². The van der Waals surface area contributed by atoms with Crippen LogP contribution in [0.2, 0.25) is 0 Å². The van der Waals surface area contributed by atoms with Crippen molar-refractivity contribution in [2.24, 2.45) is 0 Å². The molecule has 8 heteroatoms. The van der Waals surface area contributed by atoms with Crippen molar-refractivity contribution in [1.82, 2.24) is 9.55 Å². The van der Waals surface area contributed by atoms with Gasteiger partial charge < -0.3 is 5.11 Å². The lowest BCUT2D eigenvalue weighted by Gasteiger charge is -2.11.